The molecule has 1 saturated heterocycles. The Morgan fingerprint density at radius 1 is 1.39 bits per heavy atom. The van der Waals surface area contributed by atoms with Crippen LogP contribution in [0.2, 0.25) is 0 Å². The summed E-state index contributed by atoms with van der Waals surface area (Å²) >= 11 is 0. The molecule has 0 aromatic heterocycles. The summed E-state index contributed by atoms with van der Waals surface area (Å²) < 4.78 is 0. The predicted octanol–water partition coefficient (Wildman–Crippen LogP) is 1.29. The summed E-state index contributed by atoms with van der Waals surface area (Å²) in [6.45, 7) is 5.66. The first-order valence-corrected chi connectivity index (χ1v) is 6.45. The van der Waals surface area contributed by atoms with E-state index in [1.807, 2.05) is 14.0 Å². The molecule has 0 bridgehead atoms. The van der Waals surface area contributed by atoms with Gasteiger partial charge in [-0.3, -0.25) is 4.79 Å². The van der Waals surface area contributed by atoms with Crippen LogP contribution >= 0.6 is 0 Å². The molecule has 4 nitrogen and oxygen atoms in total. The molecule has 0 saturated carbocycles. The van der Waals surface area contributed by atoms with Gasteiger partial charge in [0.25, 0.3) is 0 Å². The molecule has 1 aromatic carbocycles. The second-order valence-electron chi connectivity index (χ2n) is 4.76. The van der Waals surface area contributed by atoms with Crippen molar-refractivity contribution in [2.24, 2.45) is 0 Å². The van der Waals surface area contributed by atoms with Gasteiger partial charge in [-0.2, -0.15) is 0 Å². The first-order chi connectivity index (χ1) is 8.63. The van der Waals surface area contributed by atoms with Crippen molar-refractivity contribution in [2.45, 2.75) is 25.9 Å². The number of nitrogens with one attached hydrogen (secondary N) is 2. The Balaban J connectivity index is 2.16. The standard InChI is InChI=1S/C14H21N3O/c1-10(15-3)12-4-6-13(7-5-12)17-9-8-16-14(18)11(17)2/h4-7,10-11,15H,8-9H2,1-3H3,(H,16,18). The summed E-state index contributed by atoms with van der Waals surface area (Å²) in [5, 5.41) is 6.10. The third-order valence-electron chi connectivity index (χ3n) is 3.66. The molecule has 4 heteroatoms. The smallest absolute Gasteiger partial charge is 0.242 e. The van der Waals surface area contributed by atoms with Crippen LogP contribution in [0.5, 0.6) is 0 Å². The van der Waals surface area contributed by atoms with Crippen LogP contribution in [-0.4, -0.2) is 32.1 Å². The zero-order chi connectivity index (χ0) is 13.1. The summed E-state index contributed by atoms with van der Waals surface area (Å²) in [5.41, 5.74) is 2.37. The van der Waals surface area contributed by atoms with E-state index in [2.05, 4.69) is 46.7 Å². The quantitative estimate of drug-likeness (QED) is 0.846. The van der Waals surface area contributed by atoms with E-state index >= 15 is 0 Å². The highest BCUT2D eigenvalue weighted by Crippen LogP contribution is 2.21. The van der Waals surface area contributed by atoms with Crippen LogP contribution in [0.15, 0.2) is 24.3 Å². The fourth-order valence-corrected chi connectivity index (χ4v) is 2.26. The maximum Gasteiger partial charge on any atom is 0.242 e. The number of piperazine rings is 1. The Hall–Kier alpha value is -1.55. The average molecular weight is 247 g/mol. The molecule has 2 rings (SSSR count). The molecule has 1 heterocycles. The fourth-order valence-electron chi connectivity index (χ4n) is 2.26. The van der Waals surface area contributed by atoms with Gasteiger partial charge in [-0.25, -0.2) is 0 Å². The highest BCUT2D eigenvalue weighted by atomic mass is 16.2. The molecule has 0 aliphatic carbocycles. The molecule has 1 aromatic rings. The molecule has 98 valence electrons. The monoisotopic (exact) mass is 247 g/mol. The first kappa shape index (κ1) is 12.9. The molecule has 2 N–H and O–H groups in total. The summed E-state index contributed by atoms with van der Waals surface area (Å²) in [7, 11) is 1.95. The van der Waals surface area contributed by atoms with Crippen molar-refractivity contribution in [3.8, 4) is 0 Å². The molecule has 1 fully saturated rings. The highest BCUT2D eigenvalue weighted by molar-refractivity contribution is 5.86. The number of rotatable bonds is 3. The number of benzene rings is 1. The van der Waals surface area contributed by atoms with Crippen molar-refractivity contribution in [1.29, 1.82) is 0 Å². The van der Waals surface area contributed by atoms with Gasteiger partial charge in [0.05, 0.1) is 0 Å². The molecular formula is C14H21N3O. The van der Waals surface area contributed by atoms with Gasteiger partial charge in [0.2, 0.25) is 5.91 Å². The number of nitrogens with zero attached hydrogens (tertiary/aromatic N) is 1. The minimum Gasteiger partial charge on any atom is -0.358 e. The molecular weight excluding hydrogens is 226 g/mol. The number of hydrogen-bond donors (Lipinski definition) is 2. The largest absolute Gasteiger partial charge is 0.358 e. The first-order valence-electron chi connectivity index (χ1n) is 6.45. The molecule has 1 aliphatic heterocycles. The number of amides is 1. The van der Waals surface area contributed by atoms with E-state index < -0.39 is 0 Å². The zero-order valence-electron chi connectivity index (χ0n) is 11.2. The molecule has 18 heavy (non-hydrogen) atoms. The van der Waals surface area contributed by atoms with E-state index in [0.717, 1.165) is 18.8 Å². The normalized spacial score (nSPS) is 21.6. The summed E-state index contributed by atoms with van der Waals surface area (Å²) in [6.07, 6.45) is 0. The van der Waals surface area contributed by atoms with Crippen molar-refractivity contribution < 1.29 is 4.79 Å². The van der Waals surface area contributed by atoms with Gasteiger partial charge in [-0.05, 0) is 38.6 Å². The lowest BCUT2D eigenvalue weighted by molar-refractivity contribution is -0.122. The molecule has 2 atom stereocenters. The van der Waals surface area contributed by atoms with Crippen molar-refractivity contribution in [3.63, 3.8) is 0 Å². The third kappa shape index (κ3) is 2.48. The van der Waals surface area contributed by atoms with Crippen LogP contribution in [0.25, 0.3) is 0 Å². The number of hydrogen-bond acceptors (Lipinski definition) is 3. The maximum atomic E-state index is 11.6. The van der Waals surface area contributed by atoms with Crippen molar-refractivity contribution >= 4 is 11.6 Å². The van der Waals surface area contributed by atoms with E-state index in [9.17, 15) is 4.79 Å². The van der Waals surface area contributed by atoms with E-state index in [4.69, 9.17) is 0 Å². The summed E-state index contributed by atoms with van der Waals surface area (Å²) in [6, 6.07) is 8.69. The fraction of sp³-hybridized carbons (Fsp3) is 0.500. The van der Waals surface area contributed by atoms with Crippen molar-refractivity contribution in [2.75, 3.05) is 25.0 Å². The van der Waals surface area contributed by atoms with Gasteiger partial charge in [0.1, 0.15) is 6.04 Å². The van der Waals surface area contributed by atoms with E-state index in [-0.39, 0.29) is 11.9 Å². The van der Waals surface area contributed by atoms with Crippen LogP contribution < -0.4 is 15.5 Å². The summed E-state index contributed by atoms with van der Waals surface area (Å²) in [5.74, 6) is 0.105. The second kappa shape index (κ2) is 5.40. The topological polar surface area (TPSA) is 44.4 Å². The number of carbonyl (C=O) groups excluding carboxylic acids is 1. The van der Waals surface area contributed by atoms with Gasteiger partial charge >= 0.3 is 0 Å². The lowest BCUT2D eigenvalue weighted by Crippen LogP contribution is -2.54. The highest BCUT2D eigenvalue weighted by Gasteiger charge is 2.25. The Morgan fingerprint density at radius 3 is 2.67 bits per heavy atom. The third-order valence-corrected chi connectivity index (χ3v) is 3.66. The zero-order valence-corrected chi connectivity index (χ0v) is 11.2. The maximum absolute atomic E-state index is 11.6. The molecule has 1 aliphatic rings. The Bertz CT molecular complexity index is 416. The second-order valence-corrected chi connectivity index (χ2v) is 4.76. The molecule has 1 amide bonds. The Kier molecular flexibility index (Phi) is 3.87. The van der Waals surface area contributed by atoms with Crippen LogP contribution in [0.4, 0.5) is 5.69 Å². The van der Waals surface area contributed by atoms with Gasteiger partial charge in [0.15, 0.2) is 0 Å². The minimum atomic E-state index is -0.0914. The van der Waals surface area contributed by atoms with E-state index in [1.165, 1.54) is 5.56 Å². The Morgan fingerprint density at radius 2 is 2.06 bits per heavy atom. The van der Waals surface area contributed by atoms with Crippen molar-refractivity contribution in [1.82, 2.24) is 10.6 Å². The lowest BCUT2D eigenvalue weighted by Gasteiger charge is -2.34. The van der Waals surface area contributed by atoms with Gasteiger partial charge in [-0.1, -0.05) is 12.1 Å². The van der Waals surface area contributed by atoms with E-state index in [0.29, 0.717) is 6.04 Å². The molecule has 2 unspecified atom stereocenters. The minimum absolute atomic E-state index is 0.0914. The van der Waals surface area contributed by atoms with Crippen molar-refractivity contribution in [3.05, 3.63) is 29.8 Å². The summed E-state index contributed by atoms with van der Waals surface area (Å²) in [4.78, 5) is 13.8. The molecule has 0 radical (unpaired) electrons. The number of anilines is 1. The Labute approximate surface area is 108 Å². The van der Waals surface area contributed by atoms with Gasteiger partial charge in [0, 0.05) is 24.8 Å². The van der Waals surface area contributed by atoms with Crippen LogP contribution in [0, 0.1) is 0 Å². The van der Waals surface area contributed by atoms with Crippen LogP contribution in [0.3, 0.4) is 0 Å². The van der Waals surface area contributed by atoms with Crippen LogP contribution in [-0.2, 0) is 4.79 Å². The van der Waals surface area contributed by atoms with Gasteiger partial charge < -0.3 is 15.5 Å². The van der Waals surface area contributed by atoms with Gasteiger partial charge in [-0.15, -0.1) is 0 Å². The predicted molar refractivity (Wildman–Crippen MR) is 73.7 cm³/mol. The van der Waals surface area contributed by atoms with Crippen LogP contribution in [0.1, 0.15) is 25.5 Å². The number of carbonyl (C=O) groups is 1. The molecule has 0 spiro atoms. The van der Waals surface area contributed by atoms with E-state index in [1.54, 1.807) is 0 Å². The lowest BCUT2D eigenvalue weighted by atomic mass is 10.1. The SMILES string of the molecule is CNC(C)c1ccc(N2CCNC(=O)C2C)cc1. The average Bonchev–Trinajstić information content (AvgIpc) is 2.41.